The highest BCUT2D eigenvalue weighted by atomic mass is 16.5. The average Bonchev–Trinajstić information content (AvgIpc) is 3.02. The van der Waals surface area contributed by atoms with Crippen molar-refractivity contribution in [3.8, 4) is 5.75 Å². The molecule has 1 aliphatic heterocycles. The molecule has 25 heavy (non-hydrogen) atoms. The lowest BCUT2D eigenvalue weighted by Crippen LogP contribution is -2.53. The molecule has 0 fully saturated rings. The fourth-order valence-electron chi connectivity index (χ4n) is 2.60. The molecule has 4 N–H and O–H groups in total. The number of nitrogens with zero attached hydrogens (tertiary/aromatic N) is 3. The number of aromatic nitrogens is 3. The Kier molecular flexibility index (Phi) is 4.68. The van der Waals surface area contributed by atoms with Gasteiger partial charge in [-0.25, -0.2) is 9.48 Å². The molecular formula is C14H15BN4O6. The number of carboxylic acids is 1. The summed E-state index contributed by atoms with van der Waals surface area (Å²) in [5.74, 6) is -2.21. The summed E-state index contributed by atoms with van der Waals surface area (Å²) in [7, 11) is -1.37. The Bertz CT molecular complexity index is 810. The number of benzene rings is 1. The maximum atomic E-state index is 12.1. The van der Waals surface area contributed by atoms with Crippen molar-refractivity contribution in [1.82, 2.24) is 20.3 Å². The van der Waals surface area contributed by atoms with E-state index < -0.39 is 24.9 Å². The molecule has 1 unspecified atom stereocenters. The van der Waals surface area contributed by atoms with Crippen LogP contribution in [0.2, 0.25) is 0 Å². The van der Waals surface area contributed by atoms with Gasteiger partial charge in [-0.2, -0.15) is 0 Å². The molecule has 0 bridgehead atoms. The first-order chi connectivity index (χ1) is 12.0. The Morgan fingerprint density at radius 2 is 2.24 bits per heavy atom. The molecule has 0 saturated heterocycles. The zero-order valence-electron chi connectivity index (χ0n) is 13.0. The summed E-state index contributed by atoms with van der Waals surface area (Å²) < 4.78 is 6.56. The summed E-state index contributed by atoms with van der Waals surface area (Å²) in [4.78, 5) is 23.3. The standard InChI is InChI=1S/C14H15BN4O6/c20-7-9-5-19(18-17-9)6-12(21)16-11-4-8-2-1-3-10(14(22)23)13(8)25-15(11)24/h1-3,5,11,20,24H,4,6-7H2,(H,16,21)(H,22,23). The number of para-hydroxylation sites is 1. The number of hydrogen-bond acceptors (Lipinski definition) is 7. The van der Waals surface area contributed by atoms with E-state index in [1.807, 2.05) is 0 Å². The monoisotopic (exact) mass is 346 g/mol. The van der Waals surface area contributed by atoms with Crippen molar-refractivity contribution in [2.24, 2.45) is 0 Å². The number of hydrogen-bond donors (Lipinski definition) is 4. The van der Waals surface area contributed by atoms with Crippen molar-refractivity contribution >= 4 is 19.0 Å². The molecule has 0 aliphatic carbocycles. The van der Waals surface area contributed by atoms with Gasteiger partial charge in [0.25, 0.3) is 0 Å². The Hall–Kier alpha value is -2.92. The van der Waals surface area contributed by atoms with Crippen LogP contribution in [0.25, 0.3) is 0 Å². The molecule has 1 amide bonds. The van der Waals surface area contributed by atoms with Crippen LogP contribution >= 0.6 is 0 Å². The van der Waals surface area contributed by atoms with Gasteiger partial charge in [0.2, 0.25) is 5.91 Å². The summed E-state index contributed by atoms with van der Waals surface area (Å²) >= 11 is 0. The van der Waals surface area contributed by atoms with Crippen LogP contribution < -0.4 is 9.97 Å². The minimum Gasteiger partial charge on any atom is -0.534 e. The van der Waals surface area contributed by atoms with E-state index in [1.54, 1.807) is 12.1 Å². The van der Waals surface area contributed by atoms with Gasteiger partial charge in [0.1, 0.15) is 18.0 Å². The summed E-state index contributed by atoms with van der Waals surface area (Å²) in [6.07, 6.45) is 1.66. The third-order valence-corrected chi connectivity index (χ3v) is 3.75. The normalized spacial score (nSPS) is 16.1. The number of carboxylic acid groups (broad SMARTS) is 1. The molecular weight excluding hydrogens is 331 g/mol. The third-order valence-electron chi connectivity index (χ3n) is 3.75. The third kappa shape index (κ3) is 3.62. The fourth-order valence-corrected chi connectivity index (χ4v) is 2.60. The fraction of sp³-hybridized carbons (Fsp3) is 0.286. The summed E-state index contributed by atoms with van der Waals surface area (Å²) in [5.41, 5.74) is 0.878. The van der Waals surface area contributed by atoms with Crippen LogP contribution in [0.4, 0.5) is 0 Å². The van der Waals surface area contributed by atoms with E-state index in [9.17, 15) is 14.6 Å². The lowest BCUT2D eigenvalue weighted by Gasteiger charge is -2.28. The molecule has 10 nitrogen and oxygen atoms in total. The molecule has 11 heteroatoms. The minimum atomic E-state index is -1.37. The second-order valence-corrected chi connectivity index (χ2v) is 5.55. The Labute approximate surface area is 142 Å². The highest BCUT2D eigenvalue weighted by Crippen LogP contribution is 2.30. The number of fused-ring (bicyclic) bond motifs is 1. The first kappa shape index (κ1) is 16.9. The molecule has 1 aromatic heterocycles. The van der Waals surface area contributed by atoms with Crippen LogP contribution in [-0.4, -0.2) is 55.2 Å². The molecule has 2 heterocycles. The minimum absolute atomic E-state index is 0.0412. The number of carbonyl (C=O) groups excluding carboxylic acids is 1. The van der Waals surface area contributed by atoms with Crippen molar-refractivity contribution < 1.29 is 29.5 Å². The SMILES string of the molecule is O=C(Cn1cc(CO)nn1)NC1Cc2cccc(C(=O)O)c2OB1O. The molecule has 1 atom stereocenters. The van der Waals surface area contributed by atoms with Crippen molar-refractivity contribution in [2.75, 3.05) is 0 Å². The molecule has 0 saturated carbocycles. The number of aliphatic hydroxyl groups is 1. The van der Waals surface area contributed by atoms with Crippen LogP contribution in [0.15, 0.2) is 24.4 Å². The van der Waals surface area contributed by atoms with E-state index in [4.69, 9.17) is 14.9 Å². The summed E-state index contributed by atoms with van der Waals surface area (Å²) in [6.45, 7) is -0.419. The molecule has 3 rings (SSSR count). The van der Waals surface area contributed by atoms with Crippen molar-refractivity contribution in [3.05, 3.63) is 41.2 Å². The van der Waals surface area contributed by atoms with E-state index in [0.29, 0.717) is 11.3 Å². The van der Waals surface area contributed by atoms with E-state index >= 15 is 0 Å². The molecule has 2 aromatic rings. The lowest BCUT2D eigenvalue weighted by atomic mass is 9.72. The first-order valence-corrected chi connectivity index (χ1v) is 7.47. The molecule has 130 valence electrons. The van der Waals surface area contributed by atoms with E-state index in [1.165, 1.54) is 16.9 Å². The van der Waals surface area contributed by atoms with Crippen molar-refractivity contribution in [1.29, 1.82) is 0 Å². The first-order valence-electron chi connectivity index (χ1n) is 7.47. The number of aliphatic hydroxyl groups excluding tert-OH is 1. The van der Waals surface area contributed by atoms with Crippen LogP contribution in [0.1, 0.15) is 21.6 Å². The van der Waals surface area contributed by atoms with Crippen LogP contribution in [0, 0.1) is 0 Å². The van der Waals surface area contributed by atoms with Crippen molar-refractivity contribution in [3.63, 3.8) is 0 Å². The maximum absolute atomic E-state index is 12.1. The van der Waals surface area contributed by atoms with E-state index in [-0.39, 0.29) is 30.9 Å². The molecule has 1 aliphatic rings. The van der Waals surface area contributed by atoms with Gasteiger partial charge in [0.05, 0.1) is 24.3 Å². The van der Waals surface area contributed by atoms with Gasteiger partial charge in [0, 0.05) is 0 Å². The summed E-state index contributed by atoms with van der Waals surface area (Å²) in [5, 5.41) is 38.1. The Morgan fingerprint density at radius 1 is 1.44 bits per heavy atom. The molecule has 1 aromatic carbocycles. The topological polar surface area (TPSA) is 147 Å². The predicted molar refractivity (Wildman–Crippen MR) is 83.6 cm³/mol. The quantitative estimate of drug-likeness (QED) is 0.484. The zero-order valence-corrected chi connectivity index (χ0v) is 13.0. The smallest absolute Gasteiger partial charge is 0.534 e. The molecule has 0 spiro atoms. The second-order valence-electron chi connectivity index (χ2n) is 5.55. The Balaban J connectivity index is 1.68. The number of rotatable bonds is 5. The van der Waals surface area contributed by atoms with Crippen LogP contribution in [-0.2, 0) is 24.4 Å². The number of aromatic carboxylic acids is 1. The number of nitrogens with one attached hydrogen (secondary N) is 1. The highest BCUT2D eigenvalue weighted by molar-refractivity contribution is 6.47. The lowest BCUT2D eigenvalue weighted by molar-refractivity contribution is -0.122. The van der Waals surface area contributed by atoms with Gasteiger partial charge in [-0.15, -0.1) is 5.10 Å². The van der Waals surface area contributed by atoms with Crippen LogP contribution in [0.5, 0.6) is 5.75 Å². The average molecular weight is 346 g/mol. The molecule has 0 radical (unpaired) electrons. The number of carbonyl (C=O) groups is 2. The van der Waals surface area contributed by atoms with Gasteiger partial charge in [-0.1, -0.05) is 17.3 Å². The predicted octanol–water partition coefficient (Wildman–Crippen LogP) is -1.39. The Morgan fingerprint density at radius 3 is 2.92 bits per heavy atom. The van der Waals surface area contributed by atoms with Crippen LogP contribution in [0.3, 0.4) is 0 Å². The number of amides is 1. The van der Waals surface area contributed by atoms with Gasteiger partial charge in [-0.05, 0) is 18.1 Å². The van der Waals surface area contributed by atoms with Gasteiger partial charge < -0.3 is 25.2 Å². The zero-order chi connectivity index (χ0) is 18.0. The largest absolute Gasteiger partial charge is 0.547 e. The van der Waals surface area contributed by atoms with E-state index in [0.717, 1.165) is 0 Å². The summed E-state index contributed by atoms with van der Waals surface area (Å²) in [6, 6.07) is 4.64. The maximum Gasteiger partial charge on any atom is 0.547 e. The van der Waals surface area contributed by atoms with E-state index in [2.05, 4.69) is 15.6 Å². The van der Waals surface area contributed by atoms with Gasteiger partial charge in [-0.3, -0.25) is 4.79 Å². The van der Waals surface area contributed by atoms with Crippen molar-refractivity contribution in [2.45, 2.75) is 25.5 Å². The van der Waals surface area contributed by atoms with Gasteiger partial charge >= 0.3 is 13.1 Å². The second kappa shape index (κ2) is 6.91. The highest BCUT2D eigenvalue weighted by Gasteiger charge is 2.37. The van der Waals surface area contributed by atoms with Gasteiger partial charge in [0.15, 0.2) is 0 Å².